The molecule has 16 heavy (non-hydrogen) atoms. The quantitative estimate of drug-likeness (QED) is 0.850. The Balaban J connectivity index is 3.33. The number of hydrogen-bond donors (Lipinski definition) is 1. The zero-order valence-corrected chi connectivity index (χ0v) is 11.1. The van der Waals surface area contributed by atoms with Crippen molar-refractivity contribution in [2.75, 3.05) is 0 Å². The van der Waals surface area contributed by atoms with Crippen LogP contribution in [0.15, 0.2) is 12.1 Å². The Labute approximate surface area is 98.3 Å². The van der Waals surface area contributed by atoms with Gasteiger partial charge in [0.15, 0.2) is 0 Å². The molecule has 90 valence electrons. The van der Waals surface area contributed by atoms with E-state index in [1.165, 1.54) is 5.56 Å². The molecule has 1 aromatic carbocycles. The first kappa shape index (κ1) is 13.0. The first-order chi connectivity index (χ1) is 7.23. The van der Waals surface area contributed by atoms with E-state index in [1.54, 1.807) is 13.8 Å². The Kier molecular flexibility index (Phi) is 3.64. The van der Waals surface area contributed by atoms with Gasteiger partial charge in [0.2, 0.25) is 0 Å². The van der Waals surface area contributed by atoms with Crippen LogP contribution in [0.5, 0.6) is 5.75 Å². The third kappa shape index (κ3) is 2.76. The molecule has 0 unspecified atom stereocenters. The Bertz CT molecular complexity index is 373. The standard InChI is InChI=1S/C14H22O2/c1-9(2)16-13-11(4)10(3)7-8-12(13)14(5,6)15/h7-9,15H,1-6H3. The molecule has 2 heteroatoms. The van der Waals surface area contributed by atoms with Crippen molar-refractivity contribution in [1.29, 1.82) is 0 Å². The number of hydrogen-bond acceptors (Lipinski definition) is 2. The predicted molar refractivity (Wildman–Crippen MR) is 66.9 cm³/mol. The van der Waals surface area contributed by atoms with Crippen LogP contribution in [0.4, 0.5) is 0 Å². The number of ether oxygens (including phenoxy) is 1. The topological polar surface area (TPSA) is 29.5 Å². The Morgan fingerprint density at radius 2 is 1.75 bits per heavy atom. The van der Waals surface area contributed by atoms with Crippen molar-refractivity contribution in [2.45, 2.75) is 53.2 Å². The van der Waals surface area contributed by atoms with Crippen LogP contribution in [0, 0.1) is 13.8 Å². The summed E-state index contributed by atoms with van der Waals surface area (Å²) in [5.41, 5.74) is 2.27. The van der Waals surface area contributed by atoms with Gasteiger partial charge in [-0.2, -0.15) is 0 Å². The van der Waals surface area contributed by atoms with Crippen LogP contribution in [0.1, 0.15) is 44.4 Å². The Morgan fingerprint density at radius 3 is 2.19 bits per heavy atom. The van der Waals surface area contributed by atoms with E-state index in [0.29, 0.717) is 0 Å². The van der Waals surface area contributed by atoms with Crippen LogP contribution >= 0.6 is 0 Å². The minimum atomic E-state index is -0.872. The molecule has 1 rings (SSSR count). The number of benzene rings is 1. The molecule has 0 saturated carbocycles. The average Bonchev–Trinajstić information content (AvgIpc) is 2.10. The van der Waals surface area contributed by atoms with Crippen LogP contribution in [0.25, 0.3) is 0 Å². The fourth-order valence-electron chi connectivity index (χ4n) is 1.66. The lowest BCUT2D eigenvalue weighted by atomic mass is 9.93. The maximum absolute atomic E-state index is 10.1. The zero-order chi connectivity index (χ0) is 12.5. The fourth-order valence-corrected chi connectivity index (χ4v) is 1.66. The van der Waals surface area contributed by atoms with Crippen LogP contribution in [-0.4, -0.2) is 11.2 Å². The van der Waals surface area contributed by atoms with E-state index in [9.17, 15) is 5.11 Å². The molecule has 0 atom stereocenters. The van der Waals surface area contributed by atoms with Gasteiger partial charge in [0.25, 0.3) is 0 Å². The summed E-state index contributed by atoms with van der Waals surface area (Å²) in [6, 6.07) is 3.97. The van der Waals surface area contributed by atoms with E-state index in [1.807, 2.05) is 32.9 Å². The highest BCUT2D eigenvalue weighted by molar-refractivity contribution is 5.47. The molecule has 0 saturated heterocycles. The largest absolute Gasteiger partial charge is 0.490 e. The van der Waals surface area contributed by atoms with Crippen molar-refractivity contribution < 1.29 is 9.84 Å². The molecule has 0 fully saturated rings. The monoisotopic (exact) mass is 222 g/mol. The van der Waals surface area contributed by atoms with Crippen molar-refractivity contribution in [3.05, 3.63) is 28.8 Å². The Hall–Kier alpha value is -1.02. The lowest BCUT2D eigenvalue weighted by molar-refractivity contribution is 0.0730. The minimum absolute atomic E-state index is 0.113. The van der Waals surface area contributed by atoms with Gasteiger partial charge in [-0.1, -0.05) is 12.1 Å². The molecule has 0 spiro atoms. The van der Waals surface area contributed by atoms with E-state index >= 15 is 0 Å². The highest BCUT2D eigenvalue weighted by Crippen LogP contribution is 2.34. The number of aliphatic hydroxyl groups is 1. The summed E-state index contributed by atoms with van der Waals surface area (Å²) in [4.78, 5) is 0. The summed E-state index contributed by atoms with van der Waals surface area (Å²) < 4.78 is 5.82. The summed E-state index contributed by atoms with van der Waals surface area (Å²) in [7, 11) is 0. The first-order valence-electron chi connectivity index (χ1n) is 5.73. The molecule has 0 aliphatic rings. The molecule has 0 aromatic heterocycles. The van der Waals surface area contributed by atoms with E-state index in [0.717, 1.165) is 16.9 Å². The normalized spacial score (nSPS) is 12.0. The summed E-state index contributed by atoms with van der Waals surface area (Å²) in [5.74, 6) is 0.822. The molecular formula is C14H22O2. The maximum Gasteiger partial charge on any atom is 0.128 e. The van der Waals surface area contributed by atoms with Gasteiger partial charge < -0.3 is 9.84 Å². The lowest BCUT2D eigenvalue weighted by Gasteiger charge is -2.25. The second-order valence-electron chi connectivity index (χ2n) is 5.11. The van der Waals surface area contributed by atoms with Crippen molar-refractivity contribution in [3.8, 4) is 5.75 Å². The van der Waals surface area contributed by atoms with Gasteiger partial charge >= 0.3 is 0 Å². The van der Waals surface area contributed by atoms with Crippen LogP contribution < -0.4 is 4.74 Å². The van der Waals surface area contributed by atoms with E-state index in [-0.39, 0.29) is 6.10 Å². The average molecular weight is 222 g/mol. The third-order valence-corrected chi connectivity index (χ3v) is 2.69. The number of aryl methyl sites for hydroxylation is 1. The molecule has 0 bridgehead atoms. The molecular weight excluding hydrogens is 200 g/mol. The smallest absolute Gasteiger partial charge is 0.128 e. The fraction of sp³-hybridized carbons (Fsp3) is 0.571. The molecule has 0 aliphatic heterocycles. The highest BCUT2D eigenvalue weighted by Gasteiger charge is 2.23. The van der Waals surface area contributed by atoms with Crippen molar-refractivity contribution in [2.24, 2.45) is 0 Å². The van der Waals surface area contributed by atoms with Gasteiger partial charge in [-0.15, -0.1) is 0 Å². The van der Waals surface area contributed by atoms with E-state index in [4.69, 9.17) is 4.74 Å². The van der Waals surface area contributed by atoms with Crippen LogP contribution in [0.2, 0.25) is 0 Å². The van der Waals surface area contributed by atoms with E-state index < -0.39 is 5.60 Å². The molecule has 2 nitrogen and oxygen atoms in total. The summed E-state index contributed by atoms with van der Waals surface area (Å²) >= 11 is 0. The second-order valence-corrected chi connectivity index (χ2v) is 5.11. The molecule has 0 radical (unpaired) electrons. The molecule has 0 heterocycles. The van der Waals surface area contributed by atoms with Crippen LogP contribution in [-0.2, 0) is 5.60 Å². The Morgan fingerprint density at radius 1 is 1.19 bits per heavy atom. The van der Waals surface area contributed by atoms with Gasteiger partial charge in [-0.25, -0.2) is 0 Å². The zero-order valence-electron chi connectivity index (χ0n) is 11.1. The number of rotatable bonds is 3. The van der Waals surface area contributed by atoms with Crippen molar-refractivity contribution >= 4 is 0 Å². The molecule has 0 amide bonds. The summed E-state index contributed by atoms with van der Waals surface area (Å²) in [6.07, 6.45) is 0.113. The summed E-state index contributed by atoms with van der Waals surface area (Å²) in [5, 5.41) is 10.1. The van der Waals surface area contributed by atoms with Gasteiger partial charge in [0, 0.05) is 5.56 Å². The maximum atomic E-state index is 10.1. The molecule has 1 N–H and O–H groups in total. The van der Waals surface area contributed by atoms with Gasteiger partial charge in [0.1, 0.15) is 5.75 Å². The molecule has 1 aromatic rings. The minimum Gasteiger partial charge on any atom is -0.490 e. The van der Waals surface area contributed by atoms with Crippen molar-refractivity contribution in [1.82, 2.24) is 0 Å². The van der Waals surface area contributed by atoms with Gasteiger partial charge in [-0.05, 0) is 52.7 Å². The van der Waals surface area contributed by atoms with Crippen molar-refractivity contribution in [3.63, 3.8) is 0 Å². The summed E-state index contributed by atoms with van der Waals surface area (Å²) in [6.45, 7) is 11.6. The van der Waals surface area contributed by atoms with E-state index in [2.05, 4.69) is 6.92 Å². The molecule has 0 aliphatic carbocycles. The third-order valence-electron chi connectivity index (χ3n) is 2.69. The predicted octanol–water partition coefficient (Wildman–Crippen LogP) is 3.32. The van der Waals surface area contributed by atoms with Crippen LogP contribution in [0.3, 0.4) is 0 Å². The SMILES string of the molecule is Cc1ccc(C(C)(C)O)c(OC(C)C)c1C. The lowest BCUT2D eigenvalue weighted by Crippen LogP contribution is -2.20. The second kappa shape index (κ2) is 4.46. The first-order valence-corrected chi connectivity index (χ1v) is 5.73. The van der Waals surface area contributed by atoms with Gasteiger partial charge in [0.05, 0.1) is 11.7 Å². The highest BCUT2D eigenvalue weighted by atomic mass is 16.5. The van der Waals surface area contributed by atoms with Gasteiger partial charge in [-0.3, -0.25) is 0 Å².